The Bertz CT molecular complexity index is 2830. The van der Waals surface area contributed by atoms with Crippen LogP contribution in [-0.4, -0.2) is 11.6 Å². The molecule has 54 heavy (non-hydrogen) atoms. The molecule has 0 saturated heterocycles. The van der Waals surface area contributed by atoms with Crippen molar-refractivity contribution in [2.75, 3.05) is 0 Å². The third-order valence-electron chi connectivity index (χ3n) is 11.0. The maximum Gasteiger partial charge on any atom is 0.270 e. The first-order valence-electron chi connectivity index (χ1n) is 17.3. The van der Waals surface area contributed by atoms with E-state index in [0.717, 1.165) is 35.4 Å². The van der Waals surface area contributed by atoms with Crippen molar-refractivity contribution in [3.8, 4) is 21.9 Å². The third-order valence-corrected chi connectivity index (χ3v) is 15.9. The summed E-state index contributed by atoms with van der Waals surface area (Å²) in [5.74, 6) is -0.334. The molecule has 0 atom stereocenters. The zero-order valence-electron chi connectivity index (χ0n) is 28.2. The van der Waals surface area contributed by atoms with Crippen molar-refractivity contribution in [1.82, 2.24) is 0 Å². The van der Waals surface area contributed by atoms with Crippen LogP contribution in [0, 0.1) is 35.8 Å². The summed E-state index contributed by atoms with van der Waals surface area (Å²) in [6, 6.07) is 22.7. The molecule has 4 aliphatic carbocycles. The van der Waals surface area contributed by atoms with E-state index in [9.17, 15) is 20.1 Å². The molecule has 0 amide bonds. The van der Waals surface area contributed by atoms with Gasteiger partial charge >= 0.3 is 0 Å². The lowest BCUT2D eigenvalue weighted by atomic mass is 9.68. The lowest BCUT2D eigenvalue weighted by Gasteiger charge is -2.35. The average molecular weight is 767 g/mol. The fraction of sp³-hybridized carbons (Fsp3) is 0.136. The van der Waals surface area contributed by atoms with Crippen molar-refractivity contribution in [3.05, 3.63) is 149 Å². The number of ketones is 2. The van der Waals surface area contributed by atoms with Gasteiger partial charge in [-0.25, -0.2) is 20.2 Å². The van der Waals surface area contributed by atoms with E-state index in [1.54, 1.807) is 59.1 Å². The highest BCUT2D eigenvalue weighted by molar-refractivity contribution is 7.35. The summed E-state index contributed by atoms with van der Waals surface area (Å²) < 4.78 is 4.84. The van der Waals surface area contributed by atoms with E-state index in [1.807, 2.05) is 59.1 Å². The first-order chi connectivity index (χ1) is 26.4. The smallest absolute Gasteiger partial charge is 0.270 e. The van der Waals surface area contributed by atoms with Crippen LogP contribution in [0.3, 0.4) is 0 Å². The Labute approximate surface area is 325 Å². The zero-order chi connectivity index (χ0) is 36.9. The van der Waals surface area contributed by atoms with Crippen LogP contribution < -0.4 is 0 Å². The van der Waals surface area contributed by atoms with Crippen molar-refractivity contribution in [3.63, 3.8) is 0 Å². The maximum absolute atomic E-state index is 13.7. The highest BCUT2D eigenvalue weighted by Gasteiger charge is 2.49. The maximum atomic E-state index is 13.7. The fourth-order valence-electron chi connectivity index (χ4n) is 8.87. The van der Waals surface area contributed by atoms with Crippen LogP contribution in [0.2, 0.25) is 0 Å². The topological polar surface area (TPSA) is 90.4 Å². The lowest BCUT2D eigenvalue weighted by Crippen LogP contribution is -2.27. The molecular weight excluding hydrogens is 745 g/mol. The quantitative estimate of drug-likeness (QED) is 0.0997. The van der Waals surface area contributed by atoms with Gasteiger partial charge < -0.3 is 0 Å². The second-order valence-electron chi connectivity index (χ2n) is 13.7. The van der Waals surface area contributed by atoms with Crippen LogP contribution in [0.5, 0.6) is 0 Å². The first kappa shape index (κ1) is 32.7. The minimum absolute atomic E-state index is 0.0784. The van der Waals surface area contributed by atoms with Gasteiger partial charge in [0, 0.05) is 69.1 Å². The summed E-state index contributed by atoms with van der Waals surface area (Å²) in [4.78, 5) is 38.8. The monoisotopic (exact) mass is 766 g/mol. The van der Waals surface area contributed by atoms with Crippen molar-refractivity contribution < 1.29 is 9.59 Å². The minimum atomic E-state index is -0.167. The van der Waals surface area contributed by atoms with Gasteiger partial charge in [-0.15, -0.1) is 45.3 Å². The number of nitrogens with zero attached hydrogens (tertiary/aromatic N) is 4. The Morgan fingerprint density at radius 3 is 1.48 bits per heavy atom. The largest absolute Gasteiger partial charge is 0.289 e. The van der Waals surface area contributed by atoms with E-state index < -0.39 is 0 Å². The molecule has 1 saturated carbocycles. The second kappa shape index (κ2) is 12.0. The number of Topliss-reactive ketones (excluding diaryl/α,β-unsaturated/α-hetero) is 2. The number of hydrogen-bond donors (Lipinski definition) is 0. The number of benzene rings is 2. The second-order valence-corrected chi connectivity index (χ2v) is 18.0. The Hall–Kier alpha value is -5.98. The van der Waals surface area contributed by atoms with Gasteiger partial charge in [0.25, 0.3) is 11.4 Å². The molecule has 254 valence electrons. The lowest BCUT2D eigenvalue weighted by molar-refractivity contribution is 0.103. The Kier molecular flexibility index (Phi) is 7.27. The van der Waals surface area contributed by atoms with Gasteiger partial charge in [0.15, 0.2) is 11.6 Å². The van der Waals surface area contributed by atoms with E-state index in [1.165, 1.54) is 46.1 Å². The number of thiophene rings is 4. The van der Waals surface area contributed by atoms with E-state index in [-0.39, 0.29) is 28.4 Å². The van der Waals surface area contributed by atoms with Crippen LogP contribution in [0.25, 0.3) is 61.5 Å². The number of fused-ring (bicyclic) bond motifs is 11. The molecule has 0 unspecified atom stereocenters. The van der Waals surface area contributed by atoms with Crippen LogP contribution in [0.1, 0.15) is 84.8 Å². The van der Waals surface area contributed by atoms with E-state index in [0.29, 0.717) is 44.5 Å². The molecular formula is C44H22N4O2S4. The standard InChI is InChI=1S/C44H22N4O2S4/c1-47-30(20-45)34-24-10-4-6-12-26(24)38(49)28(34)16-22-18-32-40(51-22)36-42(53-32)43-37(44(36)14-8-3-9-15-44)41-33(54-43)19-23(52-41)17-29-35(31(21-46)48-2)25-11-5-7-13-27(25)39(29)50/h4-7,10-13,16-19H,3,8-9,14-15H2/b28-16-,29-17+,34-30+,35-31-. The summed E-state index contributed by atoms with van der Waals surface area (Å²) in [5, 5.41) is 19.7. The average Bonchev–Trinajstić information content (AvgIpc) is 4.04. The molecule has 4 aromatic heterocycles. The third kappa shape index (κ3) is 4.37. The van der Waals surface area contributed by atoms with Crippen molar-refractivity contribution in [2.45, 2.75) is 37.5 Å². The molecule has 10 rings (SSSR count). The molecule has 2 aromatic carbocycles. The predicted molar refractivity (Wildman–Crippen MR) is 218 cm³/mol. The molecule has 0 radical (unpaired) electrons. The predicted octanol–water partition coefficient (Wildman–Crippen LogP) is 12.3. The molecule has 0 bridgehead atoms. The Morgan fingerprint density at radius 1 is 0.648 bits per heavy atom. The number of hydrogen-bond acceptors (Lipinski definition) is 8. The number of rotatable bonds is 2. The van der Waals surface area contributed by atoms with E-state index in [2.05, 4.69) is 21.8 Å². The number of allylic oxidation sites excluding steroid dienone is 6. The molecule has 1 spiro atoms. The number of nitriles is 2. The first-order valence-corrected chi connectivity index (χ1v) is 20.6. The summed E-state index contributed by atoms with van der Waals surface area (Å²) in [6.45, 7) is 15.3. The highest BCUT2D eigenvalue weighted by Crippen LogP contribution is 2.66. The van der Waals surface area contributed by atoms with Crippen LogP contribution in [0.4, 0.5) is 0 Å². The zero-order valence-corrected chi connectivity index (χ0v) is 31.5. The minimum Gasteiger partial charge on any atom is -0.289 e. The number of carbonyl (C=O) groups is 2. The van der Waals surface area contributed by atoms with Crippen molar-refractivity contribution in [1.29, 1.82) is 10.5 Å². The molecule has 4 aliphatic rings. The highest BCUT2D eigenvalue weighted by atomic mass is 32.1. The Morgan fingerprint density at radius 2 is 1.07 bits per heavy atom. The van der Waals surface area contributed by atoms with Crippen molar-refractivity contribution >= 4 is 99.0 Å². The van der Waals surface area contributed by atoms with Gasteiger partial charge in [-0.1, -0.05) is 67.8 Å². The molecule has 10 heteroatoms. The van der Waals surface area contributed by atoms with Gasteiger partial charge in [-0.05, 0) is 48.3 Å². The summed E-state index contributed by atoms with van der Waals surface area (Å²) in [7, 11) is 0. The molecule has 4 heterocycles. The van der Waals surface area contributed by atoms with E-state index in [4.69, 9.17) is 13.1 Å². The van der Waals surface area contributed by atoms with Crippen LogP contribution in [0.15, 0.2) is 83.2 Å². The molecule has 1 fully saturated rings. The SMILES string of the molecule is [C-]#[N+]/C(C#N)=C1\C(=C/c2cc3sc4c(c3s2)C2(CCCCC2)c2c-4sc3cc(/C=C4\C(=O)c5ccccc5\C4=C(\C#N)[N+]#[C-])sc23)C(=O)c2ccccc21. The Balaban J connectivity index is 1.10. The van der Waals surface area contributed by atoms with Gasteiger partial charge in [0.05, 0.1) is 44.4 Å². The summed E-state index contributed by atoms with van der Waals surface area (Å²) >= 11 is 6.98. The molecule has 6 aromatic rings. The van der Waals surface area contributed by atoms with Crippen molar-refractivity contribution in [2.24, 2.45) is 0 Å². The normalized spacial score (nSPS) is 19.8. The summed E-state index contributed by atoms with van der Waals surface area (Å²) in [5.41, 5.74) is 6.39. The van der Waals surface area contributed by atoms with Gasteiger partial charge in [0.1, 0.15) is 0 Å². The molecule has 0 N–H and O–H groups in total. The summed E-state index contributed by atoms with van der Waals surface area (Å²) in [6.07, 6.45) is 9.27. The van der Waals surface area contributed by atoms with Crippen LogP contribution in [-0.2, 0) is 5.41 Å². The van der Waals surface area contributed by atoms with E-state index >= 15 is 0 Å². The fourth-order valence-corrected chi connectivity index (χ4v) is 14.6. The number of carbonyl (C=O) groups excluding carboxylic acids is 2. The van der Waals surface area contributed by atoms with Gasteiger partial charge in [-0.3, -0.25) is 9.59 Å². The van der Waals surface area contributed by atoms with Crippen LogP contribution >= 0.6 is 45.3 Å². The molecule has 0 aliphatic heterocycles. The van der Waals surface area contributed by atoms with Gasteiger partial charge in [-0.2, -0.15) is 0 Å². The molecule has 6 nitrogen and oxygen atoms in total. The van der Waals surface area contributed by atoms with Gasteiger partial charge in [0.2, 0.25) is 0 Å².